The summed E-state index contributed by atoms with van der Waals surface area (Å²) in [7, 11) is 0. The van der Waals surface area contributed by atoms with Crippen LogP contribution in [0.1, 0.15) is 12.8 Å². The molecule has 1 atom stereocenters. The van der Waals surface area contributed by atoms with Crippen LogP contribution in [0.2, 0.25) is 0 Å². The molecule has 0 spiro atoms. The van der Waals surface area contributed by atoms with Crippen LogP contribution in [0, 0.1) is 5.92 Å². The Balaban J connectivity index is 1.99. The number of imidazole rings is 1. The van der Waals surface area contributed by atoms with Crippen LogP contribution in [0.4, 0.5) is 11.6 Å². The summed E-state index contributed by atoms with van der Waals surface area (Å²) in [4.78, 5) is 22.0. The van der Waals surface area contributed by atoms with E-state index in [-0.39, 0.29) is 11.8 Å². The van der Waals surface area contributed by atoms with E-state index in [1.807, 2.05) is 15.5 Å². The number of amides is 1. The number of hydrogen-bond donors (Lipinski definition) is 2. The van der Waals surface area contributed by atoms with Gasteiger partial charge in [0.15, 0.2) is 11.5 Å². The standard InChI is InChI=1S/C12H16N6O/c13-9-7-18-5-3-15-11(18)12(16-9)17-4-1-2-8(6-17)10(14)19/h3,5,7-8H,1-2,4,6,13H2,(H2,14,19). The molecule has 7 nitrogen and oxygen atoms in total. The van der Waals surface area contributed by atoms with Crippen LogP contribution in [-0.2, 0) is 4.79 Å². The molecule has 0 bridgehead atoms. The van der Waals surface area contributed by atoms with Crippen LogP contribution in [0.3, 0.4) is 0 Å². The molecule has 1 aliphatic heterocycles. The molecule has 0 aromatic carbocycles. The molecule has 0 aliphatic carbocycles. The third kappa shape index (κ3) is 2.07. The minimum Gasteiger partial charge on any atom is -0.382 e. The first-order valence-electron chi connectivity index (χ1n) is 6.28. The summed E-state index contributed by atoms with van der Waals surface area (Å²) < 4.78 is 1.84. The number of nitrogens with two attached hydrogens (primary N) is 2. The number of anilines is 2. The molecule has 0 saturated carbocycles. The lowest BCUT2D eigenvalue weighted by molar-refractivity contribution is -0.122. The lowest BCUT2D eigenvalue weighted by Crippen LogP contribution is -2.41. The number of fused-ring (bicyclic) bond motifs is 1. The quantitative estimate of drug-likeness (QED) is 0.792. The van der Waals surface area contributed by atoms with E-state index in [4.69, 9.17) is 11.5 Å². The molecule has 7 heteroatoms. The second kappa shape index (κ2) is 4.42. The first-order valence-corrected chi connectivity index (χ1v) is 6.28. The van der Waals surface area contributed by atoms with Crippen LogP contribution in [0.5, 0.6) is 0 Å². The van der Waals surface area contributed by atoms with E-state index in [0.717, 1.165) is 30.9 Å². The molecule has 1 saturated heterocycles. The van der Waals surface area contributed by atoms with Crippen molar-refractivity contribution in [1.82, 2.24) is 14.4 Å². The summed E-state index contributed by atoms with van der Waals surface area (Å²) in [5, 5.41) is 0. The van der Waals surface area contributed by atoms with Gasteiger partial charge in [-0.2, -0.15) is 0 Å². The molecule has 3 heterocycles. The van der Waals surface area contributed by atoms with Crippen LogP contribution in [0.25, 0.3) is 5.65 Å². The number of nitrogen functional groups attached to an aromatic ring is 1. The van der Waals surface area contributed by atoms with Gasteiger partial charge in [0.1, 0.15) is 5.82 Å². The van der Waals surface area contributed by atoms with Crippen LogP contribution < -0.4 is 16.4 Å². The molecular weight excluding hydrogens is 244 g/mol. The number of piperidine rings is 1. The van der Waals surface area contributed by atoms with E-state index in [2.05, 4.69) is 9.97 Å². The third-order valence-electron chi connectivity index (χ3n) is 3.50. The number of carbonyl (C=O) groups excluding carboxylic acids is 1. The fourth-order valence-corrected chi connectivity index (χ4v) is 2.55. The van der Waals surface area contributed by atoms with Gasteiger partial charge < -0.3 is 20.8 Å². The first-order chi connectivity index (χ1) is 9.15. The van der Waals surface area contributed by atoms with Crippen molar-refractivity contribution >= 4 is 23.2 Å². The van der Waals surface area contributed by atoms with Crippen LogP contribution in [-0.4, -0.2) is 33.4 Å². The number of aromatic nitrogens is 3. The van der Waals surface area contributed by atoms with Gasteiger partial charge in [-0.05, 0) is 12.8 Å². The fraction of sp³-hybridized carbons (Fsp3) is 0.417. The molecule has 1 fully saturated rings. The monoisotopic (exact) mass is 260 g/mol. The number of rotatable bonds is 2. The molecule has 19 heavy (non-hydrogen) atoms. The van der Waals surface area contributed by atoms with Gasteiger partial charge in [-0.3, -0.25) is 4.79 Å². The molecule has 0 radical (unpaired) electrons. The summed E-state index contributed by atoms with van der Waals surface area (Å²) in [6, 6.07) is 0. The normalized spacial score (nSPS) is 19.8. The summed E-state index contributed by atoms with van der Waals surface area (Å²) in [6.45, 7) is 1.41. The van der Waals surface area contributed by atoms with E-state index in [0.29, 0.717) is 12.4 Å². The van der Waals surface area contributed by atoms with E-state index in [1.54, 1.807) is 12.4 Å². The zero-order chi connectivity index (χ0) is 13.4. The van der Waals surface area contributed by atoms with Gasteiger partial charge in [-0.1, -0.05) is 0 Å². The Bertz CT molecular complexity index is 622. The SMILES string of the molecule is NC(=O)C1CCCN(c2nc(N)cn3ccnc23)C1. The first kappa shape index (κ1) is 11.8. The van der Waals surface area contributed by atoms with Crippen molar-refractivity contribution < 1.29 is 4.79 Å². The molecular formula is C12H16N6O. The lowest BCUT2D eigenvalue weighted by Gasteiger charge is -2.32. The maximum absolute atomic E-state index is 11.3. The van der Waals surface area contributed by atoms with E-state index in [1.165, 1.54) is 0 Å². The highest BCUT2D eigenvalue weighted by molar-refractivity contribution is 5.78. The Morgan fingerprint density at radius 2 is 2.32 bits per heavy atom. The van der Waals surface area contributed by atoms with E-state index >= 15 is 0 Å². The molecule has 4 N–H and O–H groups in total. The van der Waals surface area contributed by atoms with Crippen molar-refractivity contribution in [2.45, 2.75) is 12.8 Å². The minimum absolute atomic E-state index is 0.132. The zero-order valence-electron chi connectivity index (χ0n) is 10.5. The maximum atomic E-state index is 11.3. The van der Waals surface area contributed by atoms with E-state index in [9.17, 15) is 4.79 Å². The number of carbonyl (C=O) groups is 1. The highest BCUT2D eigenvalue weighted by atomic mass is 16.1. The van der Waals surface area contributed by atoms with E-state index < -0.39 is 0 Å². The predicted octanol–water partition coefficient (Wildman–Crippen LogP) is 0.0132. The third-order valence-corrected chi connectivity index (χ3v) is 3.50. The predicted molar refractivity (Wildman–Crippen MR) is 71.5 cm³/mol. The summed E-state index contributed by atoms with van der Waals surface area (Å²) in [6.07, 6.45) is 7.00. The van der Waals surface area contributed by atoms with Crippen LogP contribution in [0.15, 0.2) is 18.6 Å². The van der Waals surface area contributed by atoms with Gasteiger partial charge in [0.05, 0.1) is 12.1 Å². The zero-order valence-corrected chi connectivity index (χ0v) is 10.5. The Morgan fingerprint density at radius 1 is 1.47 bits per heavy atom. The van der Waals surface area contributed by atoms with Gasteiger partial charge in [-0.15, -0.1) is 0 Å². The van der Waals surface area contributed by atoms with Crippen molar-refractivity contribution in [3.8, 4) is 0 Å². The highest BCUT2D eigenvalue weighted by Gasteiger charge is 2.26. The van der Waals surface area contributed by atoms with Gasteiger partial charge in [-0.25, -0.2) is 9.97 Å². The van der Waals surface area contributed by atoms with Gasteiger partial charge in [0.25, 0.3) is 0 Å². The second-order valence-electron chi connectivity index (χ2n) is 4.84. The molecule has 1 amide bonds. The molecule has 2 aromatic rings. The fourth-order valence-electron chi connectivity index (χ4n) is 2.55. The van der Waals surface area contributed by atoms with Crippen molar-refractivity contribution in [3.05, 3.63) is 18.6 Å². The summed E-state index contributed by atoms with van der Waals surface area (Å²) in [5.41, 5.74) is 12.0. The molecule has 1 unspecified atom stereocenters. The van der Waals surface area contributed by atoms with Crippen molar-refractivity contribution in [2.24, 2.45) is 11.7 Å². The number of hydrogen-bond acceptors (Lipinski definition) is 5. The molecule has 2 aromatic heterocycles. The van der Waals surface area contributed by atoms with Crippen molar-refractivity contribution in [3.63, 3.8) is 0 Å². The minimum atomic E-state index is -0.257. The van der Waals surface area contributed by atoms with Gasteiger partial charge >= 0.3 is 0 Å². The Kier molecular flexibility index (Phi) is 2.73. The molecule has 3 rings (SSSR count). The average molecular weight is 260 g/mol. The second-order valence-corrected chi connectivity index (χ2v) is 4.84. The number of primary amides is 1. The Hall–Kier alpha value is -2.31. The number of nitrogens with zero attached hydrogens (tertiary/aromatic N) is 4. The van der Waals surface area contributed by atoms with Crippen molar-refractivity contribution in [2.75, 3.05) is 23.7 Å². The Labute approximate surface area is 110 Å². The van der Waals surface area contributed by atoms with Crippen molar-refractivity contribution in [1.29, 1.82) is 0 Å². The average Bonchev–Trinajstić information content (AvgIpc) is 2.85. The Morgan fingerprint density at radius 3 is 3.11 bits per heavy atom. The van der Waals surface area contributed by atoms with Gasteiger partial charge in [0, 0.05) is 25.5 Å². The van der Waals surface area contributed by atoms with Crippen LogP contribution >= 0.6 is 0 Å². The molecule has 1 aliphatic rings. The topological polar surface area (TPSA) is 103 Å². The maximum Gasteiger partial charge on any atom is 0.222 e. The largest absolute Gasteiger partial charge is 0.382 e. The lowest BCUT2D eigenvalue weighted by atomic mass is 9.97. The summed E-state index contributed by atoms with van der Waals surface area (Å²) >= 11 is 0. The highest BCUT2D eigenvalue weighted by Crippen LogP contribution is 2.25. The summed E-state index contributed by atoms with van der Waals surface area (Å²) in [5.74, 6) is 0.762. The van der Waals surface area contributed by atoms with Gasteiger partial charge in [0.2, 0.25) is 5.91 Å². The molecule has 100 valence electrons. The smallest absolute Gasteiger partial charge is 0.222 e.